The van der Waals surface area contributed by atoms with E-state index in [9.17, 15) is 0 Å². The topological polar surface area (TPSA) is 82.9 Å². The van der Waals surface area contributed by atoms with Gasteiger partial charge in [0.2, 0.25) is 11.8 Å². The molecular formula is C10H15N5O. The van der Waals surface area contributed by atoms with Crippen LogP contribution in [-0.2, 0) is 0 Å². The van der Waals surface area contributed by atoms with E-state index in [1.54, 1.807) is 7.05 Å². The molecule has 0 aliphatic rings. The summed E-state index contributed by atoms with van der Waals surface area (Å²) in [5, 5.41) is 14.9. The largest absolute Gasteiger partial charge is 0.480 e. The van der Waals surface area contributed by atoms with Crippen molar-refractivity contribution in [3.63, 3.8) is 0 Å². The number of hydrogen-bond acceptors (Lipinski definition) is 6. The molecule has 1 aromatic heterocycles. The first-order chi connectivity index (χ1) is 7.62. The Kier molecular flexibility index (Phi) is 3.89. The van der Waals surface area contributed by atoms with Gasteiger partial charge in [0.1, 0.15) is 6.07 Å². The van der Waals surface area contributed by atoms with Crippen LogP contribution in [0.3, 0.4) is 0 Å². The van der Waals surface area contributed by atoms with Gasteiger partial charge in [-0.1, -0.05) is 0 Å². The zero-order valence-electron chi connectivity index (χ0n) is 9.83. The first-order valence-electron chi connectivity index (χ1n) is 4.92. The number of hydrogen-bond donors (Lipinski definition) is 2. The molecule has 86 valence electrons. The van der Waals surface area contributed by atoms with Crippen LogP contribution in [-0.4, -0.2) is 30.2 Å². The lowest BCUT2D eigenvalue weighted by Gasteiger charge is -2.12. The standard InChI is InChI=1S/C10H15N5O/c1-6(2)13-10-14-8(12-3)7(5-11)9(15-10)16-4/h6H,1-4H3,(H2,12,13,14,15). The second-order valence-electron chi connectivity index (χ2n) is 3.44. The highest BCUT2D eigenvalue weighted by atomic mass is 16.5. The Bertz CT molecular complexity index is 385. The maximum Gasteiger partial charge on any atom is 0.238 e. The van der Waals surface area contributed by atoms with Crippen LogP contribution in [0.2, 0.25) is 0 Å². The third kappa shape index (κ3) is 2.51. The van der Waals surface area contributed by atoms with E-state index in [2.05, 4.69) is 20.6 Å². The van der Waals surface area contributed by atoms with Gasteiger partial charge in [0.25, 0.3) is 0 Å². The fraction of sp³-hybridized carbons (Fsp3) is 0.500. The highest BCUT2D eigenvalue weighted by molar-refractivity contribution is 5.59. The number of methoxy groups -OCH3 is 1. The van der Waals surface area contributed by atoms with Gasteiger partial charge in [-0.05, 0) is 13.8 Å². The monoisotopic (exact) mass is 221 g/mol. The predicted octanol–water partition coefficient (Wildman–Crippen LogP) is 1.22. The first kappa shape index (κ1) is 12.0. The van der Waals surface area contributed by atoms with E-state index in [4.69, 9.17) is 10.00 Å². The smallest absolute Gasteiger partial charge is 0.238 e. The van der Waals surface area contributed by atoms with E-state index >= 15 is 0 Å². The zero-order chi connectivity index (χ0) is 12.1. The van der Waals surface area contributed by atoms with E-state index in [-0.39, 0.29) is 11.9 Å². The molecule has 0 radical (unpaired) electrons. The van der Waals surface area contributed by atoms with E-state index in [1.807, 2.05) is 19.9 Å². The lowest BCUT2D eigenvalue weighted by Crippen LogP contribution is -2.14. The number of nitriles is 1. The van der Waals surface area contributed by atoms with Crippen molar-refractivity contribution >= 4 is 11.8 Å². The Labute approximate surface area is 94.7 Å². The van der Waals surface area contributed by atoms with Crippen molar-refractivity contribution in [2.75, 3.05) is 24.8 Å². The molecule has 0 amide bonds. The summed E-state index contributed by atoms with van der Waals surface area (Å²) in [6.07, 6.45) is 0. The maximum absolute atomic E-state index is 8.96. The van der Waals surface area contributed by atoms with E-state index < -0.39 is 0 Å². The van der Waals surface area contributed by atoms with Gasteiger partial charge in [-0.2, -0.15) is 15.2 Å². The average molecular weight is 221 g/mol. The van der Waals surface area contributed by atoms with E-state index in [0.29, 0.717) is 17.3 Å². The third-order valence-electron chi connectivity index (χ3n) is 1.84. The van der Waals surface area contributed by atoms with E-state index in [1.165, 1.54) is 7.11 Å². The van der Waals surface area contributed by atoms with Crippen molar-refractivity contribution in [2.45, 2.75) is 19.9 Å². The van der Waals surface area contributed by atoms with Gasteiger partial charge in [-0.3, -0.25) is 0 Å². The second-order valence-corrected chi connectivity index (χ2v) is 3.44. The molecule has 0 aliphatic heterocycles. The van der Waals surface area contributed by atoms with Crippen LogP contribution in [0, 0.1) is 11.3 Å². The average Bonchev–Trinajstić information content (AvgIpc) is 2.26. The van der Waals surface area contributed by atoms with E-state index in [0.717, 1.165) is 0 Å². The van der Waals surface area contributed by atoms with Crippen molar-refractivity contribution in [2.24, 2.45) is 0 Å². The Morgan fingerprint density at radius 2 is 2.06 bits per heavy atom. The minimum Gasteiger partial charge on any atom is -0.480 e. The molecule has 6 heteroatoms. The molecule has 16 heavy (non-hydrogen) atoms. The van der Waals surface area contributed by atoms with Gasteiger partial charge >= 0.3 is 0 Å². The molecule has 0 bridgehead atoms. The zero-order valence-corrected chi connectivity index (χ0v) is 9.83. The summed E-state index contributed by atoms with van der Waals surface area (Å²) in [5.74, 6) is 1.16. The highest BCUT2D eigenvalue weighted by Gasteiger charge is 2.14. The van der Waals surface area contributed by atoms with Crippen LogP contribution >= 0.6 is 0 Å². The van der Waals surface area contributed by atoms with Crippen molar-refractivity contribution in [3.05, 3.63) is 5.56 Å². The molecule has 0 atom stereocenters. The maximum atomic E-state index is 8.96. The van der Waals surface area contributed by atoms with Gasteiger partial charge in [0, 0.05) is 13.1 Å². The van der Waals surface area contributed by atoms with Crippen molar-refractivity contribution in [1.82, 2.24) is 9.97 Å². The summed E-state index contributed by atoms with van der Waals surface area (Å²) < 4.78 is 5.05. The first-order valence-corrected chi connectivity index (χ1v) is 4.92. The van der Waals surface area contributed by atoms with Gasteiger partial charge in [0.15, 0.2) is 11.4 Å². The number of rotatable bonds is 4. The molecule has 0 saturated carbocycles. The van der Waals surface area contributed by atoms with Crippen LogP contribution in [0.4, 0.5) is 11.8 Å². The van der Waals surface area contributed by atoms with Crippen LogP contribution in [0.15, 0.2) is 0 Å². The minimum absolute atomic E-state index is 0.211. The lowest BCUT2D eigenvalue weighted by molar-refractivity contribution is 0.396. The van der Waals surface area contributed by atoms with Crippen molar-refractivity contribution < 1.29 is 4.74 Å². The summed E-state index contributed by atoms with van der Waals surface area (Å²) in [4.78, 5) is 8.28. The lowest BCUT2D eigenvalue weighted by atomic mass is 10.3. The predicted molar refractivity (Wildman–Crippen MR) is 61.6 cm³/mol. The second kappa shape index (κ2) is 5.16. The SMILES string of the molecule is CNc1nc(NC(C)C)nc(OC)c1C#N. The Balaban J connectivity index is 3.21. The molecule has 0 aliphatic carbocycles. The van der Waals surface area contributed by atoms with Crippen molar-refractivity contribution in [1.29, 1.82) is 5.26 Å². The minimum atomic E-state index is 0.211. The van der Waals surface area contributed by atoms with Gasteiger partial charge in [0.05, 0.1) is 7.11 Å². The molecule has 1 heterocycles. The summed E-state index contributed by atoms with van der Waals surface area (Å²) in [6.45, 7) is 3.96. The molecule has 0 spiro atoms. The summed E-state index contributed by atoms with van der Waals surface area (Å²) >= 11 is 0. The normalized spacial score (nSPS) is 9.75. The number of aromatic nitrogens is 2. The molecule has 1 aromatic rings. The van der Waals surface area contributed by atoms with Gasteiger partial charge in [-0.15, -0.1) is 0 Å². The number of nitrogens with zero attached hydrogens (tertiary/aromatic N) is 3. The van der Waals surface area contributed by atoms with Crippen molar-refractivity contribution in [3.8, 4) is 11.9 Å². The molecule has 0 fully saturated rings. The highest BCUT2D eigenvalue weighted by Crippen LogP contribution is 2.23. The summed E-state index contributed by atoms with van der Waals surface area (Å²) in [6, 6.07) is 2.22. The van der Waals surface area contributed by atoms with Gasteiger partial charge in [-0.25, -0.2) is 0 Å². The number of ether oxygens (including phenoxy) is 1. The third-order valence-corrected chi connectivity index (χ3v) is 1.84. The van der Waals surface area contributed by atoms with Gasteiger partial charge < -0.3 is 15.4 Å². The molecular weight excluding hydrogens is 206 g/mol. The quantitative estimate of drug-likeness (QED) is 0.795. The Morgan fingerprint density at radius 1 is 1.38 bits per heavy atom. The molecule has 0 aromatic carbocycles. The summed E-state index contributed by atoms with van der Waals surface area (Å²) in [7, 11) is 3.17. The molecule has 0 saturated heterocycles. The fourth-order valence-corrected chi connectivity index (χ4v) is 1.19. The molecule has 1 rings (SSSR count). The van der Waals surface area contributed by atoms with Crippen LogP contribution in [0.5, 0.6) is 5.88 Å². The molecule has 2 N–H and O–H groups in total. The number of anilines is 2. The Morgan fingerprint density at radius 3 is 2.50 bits per heavy atom. The van der Waals surface area contributed by atoms with Crippen LogP contribution in [0.1, 0.15) is 19.4 Å². The molecule has 6 nitrogen and oxygen atoms in total. The fourth-order valence-electron chi connectivity index (χ4n) is 1.19. The van der Waals surface area contributed by atoms with Crippen LogP contribution in [0.25, 0.3) is 0 Å². The summed E-state index contributed by atoms with van der Waals surface area (Å²) in [5.41, 5.74) is 0.305. The molecule has 0 unspecified atom stereocenters. The Hall–Kier alpha value is -2.03. The van der Waals surface area contributed by atoms with Crippen LogP contribution < -0.4 is 15.4 Å². The number of nitrogens with one attached hydrogen (secondary N) is 2.